The van der Waals surface area contributed by atoms with Crippen molar-refractivity contribution in [3.8, 4) is 0 Å². The van der Waals surface area contributed by atoms with Gasteiger partial charge < -0.3 is 5.32 Å². The second-order valence-electron chi connectivity index (χ2n) is 4.35. The van der Waals surface area contributed by atoms with Gasteiger partial charge in [-0.05, 0) is 31.9 Å². The molecule has 0 spiro atoms. The maximum atomic E-state index is 11.9. The lowest BCUT2D eigenvalue weighted by atomic mass is 10.1. The maximum Gasteiger partial charge on any atom is 0.251 e. The van der Waals surface area contributed by atoms with E-state index in [2.05, 4.69) is 24.2 Å². The molecule has 0 unspecified atom stereocenters. The second kappa shape index (κ2) is 7.64. The minimum atomic E-state index is -0.0346. The van der Waals surface area contributed by atoms with Crippen LogP contribution in [-0.2, 0) is 0 Å². The van der Waals surface area contributed by atoms with E-state index < -0.39 is 0 Å². The molecule has 0 radical (unpaired) electrons. The number of benzene rings is 1. The molecule has 18 heavy (non-hydrogen) atoms. The molecular weight excluding hydrogens is 224 g/mol. The van der Waals surface area contributed by atoms with Crippen molar-refractivity contribution in [2.24, 2.45) is 4.99 Å². The zero-order valence-electron chi connectivity index (χ0n) is 11.5. The summed E-state index contributed by atoms with van der Waals surface area (Å²) in [5.74, 6) is -0.0346. The van der Waals surface area contributed by atoms with Crippen LogP contribution in [0.1, 0.15) is 42.6 Å². The third-order valence-corrected chi connectivity index (χ3v) is 2.73. The van der Waals surface area contributed by atoms with Crippen molar-refractivity contribution in [2.45, 2.75) is 33.6 Å². The minimum Gasteiger partial charge on any atom is -0.347 e. The van der Waals surface area contributed by atoms with Crippen molar-refractivity contribution in [1.82, 2.24) is 5.32 Å². The van der Waals surface area contributed by atoms with Crippen LogP contribution in [0.25, 0.3) is 0 Å². The van der Waals surface area contributed by atoms with Gasteiger partial charge in [0, 0.05) is 17.8 Å². The number of nitrogens with one attached hydrogen (secondary N) is 1. The van der Waals surface area contributed by atoms with Gasteiger partial charge in [0.05, 0.1) is 6.54 Å². The predicted octanol–water partition coefficient (Wildman–Crippen LogP) is 2.99. The van der Waals surface area contributed by atoms with Crippen LogP contribution in [0, 0.1) is 6.92 Å². The number of hydrogen-bond acceptors (Lipinski definition) is 2. The molecule has 0 saturated carbocycles. The van der Waals surface area contributed by atoms with E-state index in [4.69, 9.17) is 0 Å². The normalized spacial score (nSPS) is 11.4. The quantitative estimate of drug-likeness (QED) is 0.770. The molecule has 0 aliphatic rings. The molecule has 0 atom stereocenters. The van der Waals surface area contributed by atoms with Gasteiger partial charge >= 0.3 is 0 Å². The number of nitrogens with zero attached hydrogens (tertiary/aromatic N) is 1. The van der Waals surface area contributed by atoms with Gasteiger partial charge in [-0.2, -0.15) is 0 Å². The lowest BCUT2D eigenvalue weighted by molar-refractivity contribution is 0.0959. The fourth-order valence-corrected chi connectivity index (χ4v) is 1.55. The van der Waals surface area contributed by atoms with Crippen molar-refractivity contribution in [3.05, 3.63) is 35.4 Å². The van der Waals surface area contributed by atoms with E-state index in [1.165, 1.54) is 0 Å². The Bertz CT molecular complexity index is 407. The highest BCUT2D eigenvalue weighted by atomic mass is 16.1. The molecule has 0 saturated heterocycles. The first kappa shape index (κ1) is 14.4. The molecule has 3 heteroatoms. The Morgan fingerprint density at radius 1 is 1.22 bits per heavy atom. The summed E-state index contributed by atoms with van der Waals surface area (Å²) in [6.45, 7) is 7.55. The molecule has 0 aliphatic carbocycles. The number of aryl methyl sites for hydroxylation is 1. The summed E-state index contributed by atoms with van der Waals surface area (Å²) in [7, 11) is 0. The Hall–Kier alpha value is -1.64. The SMILES string of the molecule is CCCN=C(CC)CNC(=O)c1ccc(C)cc1. The number of amides is 1. The minimum absolute atomic E-state index is 0.0346. The summed E-state index contributed by atoms with van der Waals surface area (Å²) in [4.78, 5) is 16.3. The predicted molar refractivity (Wildman–Crippen MR) is 76.4 cm³/mol. The Kier molecular flexibility index (Phi) is 6.12. The van der Waals surface area contributed by atoms with E-state index in [0.717, 1.165) is 30.7 Å². The second-order valence-corrected chi connectivity index (χ2v) is 4.35. The molecule has 1 rings (SSSR count). The van der Waals surface area contributed by atoms with Crippen LogP contribution < -0.4 is 5.32 Å². The lowest BCUT2D eigenvalue weighted by Crippen LogP contribution is -2.29. The van der Waals surface area contributed by atoms with Gasteiger partial charge in [-0.15, -0.1) is 0 Å². The smallest absolute Gasteiger partial charge is 0.251 e. The molecule has 1 aromatic rings. The standard InChI is InChI=1S/C15H22N2O/c1-4-10-16-14(5-2)11-17-15(18)13-8-6-12(3)7-9-13/h6-9H,4-5,10-11H2,1-3H3,(H,17,18). The van der Waals surface area contributed by atoms with Crippen molar-refractivity contribution in [3.63, 3.8) is 0 Å². The highest BCUT2D eigenvalue weighted by Gasteiger charge is 2.05. The summed E-state index contributed by atoms with van der Waals surface area (Å²) >= 11 is 0. The Morgan fingerprint density at radius 2 is 1.89 bits per heavy atom. The highest BCUT2D eigenvalue weighted by molar-refractivity contribution is 5.97. The van der Waals surface area contributed by atoms with Crippen molar-refractivity contribution in [1.29, 1.82) is 0 Å². The molecule has 0 aromatic heterocycles. The van der Waals surface area contributed by atoms with E-state index in [0.29, 0.717) is 12.1 Å². The zero-order valence-corrected chi connectivity index (χ0v) is 11.5. The van der Waals surface area contributed by atoms with Crippen LogP contribution in [0.3, 0.4) is 0 Å². The first-order valence-electron chi connectivity index (χ1n) is 6.54. The van der Waals surface area contributed by atoms with Crippen molar-refractivity contribution in [2.75, 3.05) is 13.1 Å². The Morgan fingerprint density at radius 3 is 2.44 bits per heavy atom. The molecule has 1 aromatic carbocycles. The molecule has 0 fully saturated rings. The van der Waals surface area contributed by atoms with Gasteiger partial charge in [0.15, 0.2) is 0 Å². The van der Waals surface area contributed by atoms with Gasteiger partial charge in [0.25, 0.3) is 5.91 Å². The topological polar surface area (TPSA) is 41.5 Å². The number of carbonyl (C=O) groups excluding carboxylic acids is 1. The molecule has 0 heterocycles. The molecule has 0 aliphatic heterocycles. The van der Waals surface area contributed by atoms with Crippen LogP contribution in [0.2, 0.25) is 0 Å². The van der Waals surface area contributed by atoms with E-state index in [1.54, 1.807) is 0 Å². The fraction of sp³-hybridized carbons (Fsp3) is 0.467. The molecule has 3 nitrogen and oxygen atoms in total. The first-order chi connectivity index (χ1) is 8.67. The Balaban J connectivity index is 2.52. The average Bonchev–Trinajstić information content (AvgIpc) is 2.39. The van der Waals surface area contributed by atoms with Crippen LogP contribution in [0.15, 0.2) is 29.3 Å². The highest BCUT2D eigenvalue weighted by Crippen LogP contribution is 2.02. The van der Waals surface area contributed by atoms with Gasteiger partial charge in [-0.1, -0.05) is 31.5 Å². The lowest BCUT2D eigenvalue weighted by Gasteiger charge is -2.07. The number of rotatable bonds is 6. The third-order valence-electron chi connectivity index (χ3n) is 2.73. The number of hydrogen-bond donors (Lipinski definition) is 1. The van der Waals surface area contributed by atoms with E-state index in [-0.39, 0.29) is 5.91 Å². The molecule has 98 valence electrons. The van der Waals surface area contributed by atoms with Crippen LogP contribution in [-0.4, -0.2) is 24.7 Å². The fourth-order valence-electron chi connectivity index (χ4n) is 1.55. The van der Waals surface area contributed by atoms with Crippen LogP contribution >= 0.6 is 0 Å². The van der Waals surface area contributed by atoms with E-state index in [9.17, 15) is 4.79 Å². The third kappa shape index (κ3) is 4.70. The monoisotopic (exact) mass is 246 g/mol. The number of carbonyl (C=O) groups is 1. The maximum absolute atomic E-state index is 11.9. The molecule has 0 bridgehead atoms. The van der Waals surface area contributed by atoms with E-state index in [1.807, 2.05) is 31.2 Å². The summed E-state index contributed by atoms with van der Waals surface area (Å²) < 4.78 is 0. The summed E-state index contributed by atoms with van der Waals surface area (Å²) in [6, 6.07) is 7.58. The summed E-state index contributed by atoms with van der Waals surface area (Å²) in [5, 5.41) is 2.91. The van der Waals surface area contributed by atoms with Crippen molar-refractivity contribution < 1.29 is 4.79 Å². The van der Waals surface area contributed by atoms with Gasteiger partial charge in [-0.3, -0.25) is 9.79 Å². The van der Waals surface area contributed by atoms with E-state index >= 15 is 0 Å². The van der Waals surface area contributed by atoms with Gasteiger partial charge in [-0.25, -0.2) is 0 Å². The van der Waals surface area contributed by atoms with Crippen LogP contribution in [0.4, 0.5) is 0 Å². The zero-order chi connectivity index (χ0) is 13.4. The summed E-state index contributed by atoms with van der Waals surface area (Å²) in [6.07, 6.45) is 1.92. The summed E-state index contributed by atoms with van der Waals surface area (Å²) in [5.41, 5.74) is 2.91. The first-order valence-corrected chi connectivity index (χ1v) is 6.54. The molecule has 1 N–H and O–H groups in total. The van der Waals surface area contributed by atoms with Gasteiger partial charge in [0.2, 0.25) is 0 Å². The molecule has 1 amide bonds. The van der Waals surface area contributed by atoms with Gasteiger partial charge in [0.1, 0.15) is 0 Å². The largest absolute Gasteiger partial charge is 0.347 e. The van der Waals surface area contributed by atoms with Crippen LogP contribution in [0.5, 0.6) is 0 Å². The number of aliphatic imine (C=N–C) groups is 1. The Labute approximate surface area is 109 Å². The molecular formula is C15H22N2O. The average molecular weight is 246 g/mol. The van der Waals surface area contributed by atoms with Crippen molar-refractivity contribution >= 4 is 11.6 Å².